The van der Waals surface area contributed by atoms with E-state index in [9.17, 15) is 4.79 Å². The SMILES string of the molecule is CC(=O)C1C(N)=CC2C1C2(C)C. The van der Waals surface area contributed by atoms with Gasteiger partial charge in [0.25, 0.3) is 0 Å². The van der Waals surface area contributed by atoms with Gasteiger partial charge in [-0.05, 0) is 24.2 Å². The summed E-state index contributed by atoms with van der Waals surface area (Å²) in [5.41, 5.74) is 6.88. The van der Waals surface area contributed by atoms with Crippen molar-refractivity contribution in [3.05, 3.63) is 11.8 Å². The van der Waals surface area contributed by atoms with Gasteiger partial charge in [0.15, 0.2) is 0 Å². The van der Waals surface area contributed by atoms with Crippen LogP contribution < -0.4 is 5.73 Å². The third-order valence-electron chi connectivity index (χ3n) is 3.52. The number of hydrogen-bond acceptors (Lipinski definition) is 2. The first-order chi connectivity index (χ1) is 5.46. The number of fused-ring (bicyclic) bond motifs is 1. The van der Waals surface area contributed by atoms with Gasteiger partial charge in [0.1, 0.15) is 5.78 Å². The van der Waals surface area contributed by atoms with Crippen LogP contribution in [0.3, 0.4) is 0 Å². The van der Waals surface area contributed by atoms with Crippen molar-refractivity contribution in [1.82, 2.24) is 0 Å². The Morgan fingerprint density at radius 3 is 2.50 bits per heavy atom. The summed E-state index contributed by atoms with van der Waals surface area (Å²) in [6, 6.07) is 0. The molecule has 12 heavy (non-hydrogen) atoms. The molecule has 2 nitrogen and oxygen atoms in total. The fourth-order valence-electron chi connectivity index (χ4n) is 2.68. The maximum atomic E-state index is 11.3. The minimum atomic E-state index is 0.0185. The van der Waals surface area contributed by atoms with Gasteiger partial charge >= 0.3 is 0 Å². The second-order valence-corrected chi connectivity index (χ2v) is 4.63. The van der Waals surface area contributed by atoms with E-state index in [1.807, 2.05) is 0 Å². The van der Waals surface area contributed by atoms with Crippen molar-refractivity contribution in [3.8, 4) is 0 Å². The number of carbonyl (C=O) groups is 1. The molecular formula is C10H15NO. The van der Waals surface area contributed by atoms with Gasteiger partial charge < -0.3 is 5.73 Å². The number of carbonyl (C=O) groups excluding carboxylic acids is 1. The van der Waals surface area contributed by atoms with Crippen LogP contribution in [0.1, 0.15) is 20.8 Å². The van der Waals surface area contributed by atoms with Crippen LogP contribution >= 0.6 is 0 Å². The van der Waals surface area contributed by atoms with E-state index in [1.165, 1.54) is 0 Å². The van der Waals surface area contributed by atoms with Crippen LogP contribution in [0, 0.1) is 23.2 Å². The van der Waals surface area contributed by atoms with Crippen LogP contribution in [0.4, 0.5) is 0 Å². The predicted molar refractivity (Wildman–Crippen MR) is 47.2 cm³/mol. The highest BCUT2D eigenvalue weighted by Gasteiger charge is 2.64. The fourth-order valence-corrected chi connectivity index (χ4v) is 2.68. The van der Waals surface area contributed by atoms with Gasteiger partial charge in [-0.15, -0.1) is 0 Å². The van der Waals surface area contributed by atoms with Gasteiger partial charge in [0.2, 0.25) is 0 Å². The van der Waals surface area contributed by atoms with Gasteiger partial charge in [0, 0.05) is 5.70 Å². The molecular weight excluding hydrogens is 150 g/mol. The van der Waals surface area contributed by atoms with E-state index in [2.05, 4.69) is 19.9 Å². The second kappa shape index (κ2) is 1.93. The standard InChI is InChI=1S/C10H15NO/c1-5(12)8-7(11)4-6-9(8)10(6,2)3/h4,6,8-9H,11H2,1-3H3. The molecule has 3 atom stereocenters. The third-order valence-corrected chi connectivity index (χ3v) is 3.52. The molecule has 2 aliphatic carbocycles. The molecule has 0 amide bonds. The van der Waals surface area contributed by atoms with Crippen molar-refractivity contribution in [2.24, 2.45) is 28.9 Å². The van der Waals surface area contributed by atoms with Crippen molar-refractivity contribution in [3.63, 3.8) is 0 Å². The highest BCUT2D eigenvalue weighted by Crippen LogP contribution is 2.67. The number of ketones is 1. The molecule has 3 unspecified atom stereocenters. The molecule has 0 heterocycles. The zero-order chi connectivity index (χ0) is 9.09. The Balaban J connectivity index is 2.28. The van der Waals surface area contributed by atoms with Gasteiger partial charge in [-0.3, -0.25) is 4.79 Å². The predicted octanol–water partition coefficient (Wildman–Crippen LogP) is 1.32. The zero-order valence-electron chi connectivity index (χ0n) is 7.79. The normalized spacial score (nSPS) is 41.9. The number of rotatable bonds is 1. The number of nitrogens with two attached hydrogens (primary N) is 1. The van der Waals surface area contributed by atoms with E-state index >= 15 is 0 Å². The Morgan fingerprint density at radius 2 is 2.17 bits per heavy atom. The van der Waals surface area contributed by atoms with Gasteiger partial charge in [0.05, 0.1) is 5.92 Å². The summed E-state index contributed by atoms with van der Waals surface area (Å²) in [6.45, 7) is 6.06. The highest BCUT2D eigenvalue weighted by molar-refractivity contribution is 5.83. The van der Waals surface area contributed by atoms with Crippen LogP contribution in [0.5, 0.6) is 0 Å². The number of Topliss-reactive ketones (excluding diaryl/α,β-unsaturated/α-hetero) is 1. The lowest BCUT2D eigenvalue weighted by atomic mass is 9.91. The maximum absolute atomic E-state index is 11.3. The second-order valence-electron chi connectivity index (χ2n) is 4.63. The number of allylic oxidation sites excluding steroid dienone is 2. The van der Waals surface area contributed by atoms with E-state index in [1.54, 1.807) is 6.92 Å². The fraction of sp³-hybridized carbons (Fsp3) is 0.700. The van der Waals surface area contributed by atoms with Crippen molar-refractivity contribution >= 4 is 5.78 Å². The Bertz CT molecular complexity index is 278. The Hall–Kier alpha value is -0.790. The molecule has 0 saturated heterocycles. The minimum absolute atomic E-state index is 0.0185. The first kappa shape index (κ1) is 7.84. The molecule has 1 fully saturated rings. The molecule has 2 heteroatoms. The lowest BCUT2D eigenvalue weighted by Gasteiger charge is -2.14. The molecule has 0 aromatic rings. The quantitative estimate of drug-likeness (QED) is 0.636. The monoisotopic (exact) mass is 165 g/mol. The molecule has 0 bridgehead atoms. The molecule has 2 rings (SSSR count). The van der Waals surface area contributed by atoms with Crippen molar-refractivity contribution in [2.75, 3.05) is 0 Å². The summed E-state index contributed by atoms with van der Waals surface area (Å²) in [7, 11) is 0. The molecule has 2 aliphatic rings. The summed E-state index contributed by atoms with van der Waals surface area (Å²) >= 11 is 0. The average Bonchev–Trinajstić information content (AvgIpc) is 2.40. The minimum Gasteiger partial charge on any atom is -0.402 e. The Kier molecular flexibility index (Phi) is 1.26. The maximum Gasteiger partial charge on any atom is 0.139 e. The van der Waals surface area contributed by atoms with E-state index in [0.29, 0.717) is 17.3 Å². The Morgan fingerprint density at radius 1 is 1.58 bits per heavy atom. The third kappa shape index (κ3) is 0.728. The molecule has 1 saturated carbocycles. The van der Waals surface area contributed by atoms with Crippen molar-refractivity contribution in [1.29, 1.82) is 0 Å². The first-order valence-corrected chi connectivity index (χ1v) is 4.44. The van der Waals surface area contributed by atoms with Crippen LogP contribution in [-0.4, -0.2) is 5.78 Å². The van der Waals surface area contributed by atoms with Crippen LogP contribution in [0.2, 0.25) is 0 Å². The van der Waals surface area contributed by atoms with Crippen LogP contribution in [0.25, 0.3) is 0 Å². The van der Waals surface area contributed by atoms with Gasteiger partial charge in [-0.1, -0.05) is 19.9 Å². The molecule has 0 aromatic heterocycles. The summed E-state index contributed by atoms with van der Waals surface area (Å²) in [5, 5.41) is 0. The van der Waals surface area contributed by atoms with E-state index in [4.69, 9.17) is 5.73 Å². The molecule has 0 aromatic carbocycles. The summed E-state index contributed by atoms with van der Waals surface area (Å²) in [6.07, 6.45) is 2.08. The van der Waals surface area contributed by atoms with Gasteiger partial charge in [-0.2, -0.15) is 0 Å². The van der Waals surface area contributed by atoms with Crippen LogP contribution in [0.15, 0.2) is 11.8 Å². The average molecular weight is 165 g/mol. The van der Waals surface area contributed by atoms with Crippen molar-refractivity contribution in [2.45, 2.75) is 20.8 Å². The lowest BCUT2D eigenvalue weighted by Crippen LogP contribution is -2.21. The molecule has 0 spiro atoms. The topological polar surface area (TPSA) is 43.1 Å². The van der Waals surface area contributed by atoms with Crippen LogP contribution in [-0.2, 0) is 4.79 Å². The molecule has 0 aliphatic heterocycles. The molecule has 2 N–H and O–H groups in total. The summed E-state index contributed by atoms with van der Waals surface area (Å²) < 4.78 is 0. The zero-order valence-corrected chi connectivity index (χ0v) is 7.79. The largest absolute Gasteiger partial charge is 0.402 e. The van der Waals surface area contributed by atoms with Gasteiger partial charge in [-0.25, -0.2) is 0 Å². The summed E-state index contributed by atoms with van der Waals surface area (Å²) in [5.74, 6) is 1.30. The molecule has 0 radical (unpaired) electrons. The first-order valence-electron chi connectivity index (χ1n) is 4.44. The van der Waals surface area contributed by atoms with E-state index < -0.39 is 0 Å². The van der Waals surface area contributed by atoms with Crippen molar-refractivity contribution < 1.29 is 4.79 Å². The highest BCUT2D eigenvalue weighted by atomic mass is 16.1. The summed E-state index contributed by atoms with van der Waals surface area (Å²) in [4.78, 5) is 11.3. The van der Waals surface area contributed by atoms with E-state index in [0.717, 1.165) is 5.70 Å². The smallest absolute Gasteiger partial charge is 0.139 e. The molecule has 66 valence electrons. The lowest BCUT2D eigenvalue weighted by molar-refractivity contribution is -0.120. The van der Waals surface area contributed by atoms with E-state index in [-0.39, 0.29) is 11.7 Å². The Labute approximate surface area is 72.8 Å². The number of hydrogen-bond donors (Lipinski definition) is 1.